The zero-order valence-electron chi connectivity index (χ0n) is 9.47. The summed E-state index contributed by atoms with van der Waals surface area (Å²) < 4.78 is 64.6. The Balaban J connectivity index is 2.47. The van der Waals surface area contributed by atoms with Crippen LogP contribution in [-0.4, -0.2) is 9.97 Å². The number of anilines is 2. The van der Waals surface area contributed by atoms with Crippen LogP contribution in [0.1, 0.15) is 5.56 Å². The van der Waals surface area contributed by atoms with Crippen LogP contribution in [0.5, 0.6) is 0 Å². The van der Waals surface area contributed by atoms with Crippen LogP contribution >= 0.6 is 11.6 Å². The number of hydrogen-bond acceptors (Lipinski definition) is 3. The summed E-state index contributed by atoms with van der Waals surface area (Å²) in [6.45, 7) is 0. The third-order valence-corrected chi connectivity index (χ3v) is 2.43. The first-order chi connectivity index (χ1) is 9.27. The molecule has 1 aromatic carbocycles. The Morgan fingerprint density at radius 3 is 2.50 bits per heavy atom. The van der Waals surface area contributed by atoms with Gasteiger partial charge in [-0.05, 0) is 23.7 Å². The van der Waals surface area contributed by atoms with Crippen molar-refractivity contribution in [3.05, 3.63) is 46.9 Å². The summed E-state index contributed by atoms with van der Waals surface area (Å²) in [5, 5.41) is 1.60. The second-order valence-electron chi connectivity index (χ2n) is 3.65. The molecule has 3 nitrogen and oxygen atoms in total. The van der Waals surface area contributed by atoms with Gasteiger partial charge in [0.15, 0.2) is 0 Å². The zero-order chi connectivity index (χ0) is 14.9. The van der Waals surface area contributed by atoms with Crippen LogP contribution in [-0.2, 0) is 6.18 Å². The Kier molecular flexibility index (Phi) is 3.76. The molecule has 0 fully saturated rings. The summed E-state index contributed by atoms with van der Waals surface area (Å²) in [6, 6.07) is 2.30. The van der Waals surface area contributed by atoms with Crippen molar-refractivity contribution in [1.82, 2.24) is 9.97 Å². The molecular weight excluding hydrogens is 305 g/mol. The molecule has 0 saturated heterocycles. The van der Waals surface area contributed by atoms with E-state index in [1.54, 1.807) is 0 Å². The second kappa shape index (κ2) is 5.20. The van der Waals surface area contributed by atoms with Crippen molar-refractivity contribution in [2.75, 3.05) is 5.32 Å². The summed E-state index contributed by atoms with van der Waals surface area (Å²) in [5.74, 6) is -2.51. The Morgan fingerprint density at radius 2 is 1.85 bits per heavy atom. The summed E-state index contributed by atoms with van der Waals surface area (Å²) in [6.07, 6.45) is -4.31. The molecule has 0 atom stereocenters. The molecule has 0 aliphatic carbocycles. The van der Waals surface area contributed by atoms with Gasteiger partial charge in [0.25, 0.3) is 0 Å². The van der Waals surface area contributed by atoms with Gasteiger partial charge in [0.2, 0.25) is 5.28 Å². The molecule has 0 radical (unpaired) electrons. The van der Waals surface area contributed by atoms with Crippen LogP contribution in [0.25, 0.3) is 0 Å². The molecule has 0 bridgehead atoms. The van der Waals surface area contributed by atoms with Crippen molar-refractivity contribution in [2.45, 2.75) is 6.18 Å². The molecule has 20 heavy (non-hydrogen) atoms. The van der Waals surface area contributed by atoms with Crippen molar-refractivity contribution in [3.63, 3.8) is 0 Å². The smallest absolute Gasteiger partial charge is 0.337 e. The predicted octanol–water partition coefficient (Wildman–Crippen LogP) is 4.17. The van der Waals surface area contributed by atoms with Gasteiger partial charge in [-0.2, -0.15) is 18.2 Å². The number of aromatic nitrogens is 2. The van der Waals surface area contributed by atoms with Gasteiger partial charge in [-0.3, -0.25) is 0 Å². The van der Waals surface area contributed by atoms with E-state index in [4.69, 9.17) is 11.6 Å². The van der Waals surface area contributed by atoms with E-state index < -0.39 is 40.2 Å². The lowest BCUT2D eigenvalue weighted by Crippen LogP contribution is -2.11. The predicted molar refractivity (Wildman–Crippen MR) is 61.7 cm³/mol. The number of halogens is 6. The molecule has 0 aliphatic heterocycles. The fourth-order valence-corrected chi connectivity index (χ4v) is 1.52. The van der Waals surface area contributed by atoms with Gasteiger partial charge in [-0.15, -0.1) is 0 Å². The largest absolute Gasteiger partial charge is 0.421 e. The van der Waals surface area contributed by atoms with Crippen molar-refractivity contribution in [1.29, 1.82) is 0 Å². The van der Waals surface area contributed by atoms with E-state index in [1.807, 2.05) is 0 Å². The number of alkyl halides is 3. The molecule has 1 heterocycles. The maximum atomic E-state index is 13.4. The highest BCUT2D eigenvalue weighted by atomic mass is 35.5. The van der Waals surface area contributed by atoms with Gasteiger partial charge < -0.3 is 5.32 Å². The third-order valence-electron chi connectivity index (χ3n) is 2.25. The van der Waals surface area contributed by atoms with Crippen LogP contribution in [0.3, 0.4) is 0 Å². The van der Waals surface area contributed by atoms with E-state index in [1.165, 1.54) is 0 Å². The van der Waals surface area contributed by atoms with E-state index in [0.717, 1.165) is 12.1 Å². The topological polar surface area (TPSA) is 37.8 Å². The average Bonchev–Trinajstić information content (AvgIpc) is 2.32. The molecule has 106 valence electrons. The number of hydrogen-bond donors (Lipinski definition) is 1. The molecule has 1 N–H and O–H groups in total. The van der Waals surface area contributed by atoms with Crippen LogP contribution in [0.4, 0.5) is 33.5 Å². The SMILES string of the molecule is Fc1ccc(F)c(Nc2nc(Cl)ncc2C(F)(F)F)c1. The van der Waals surface area contributed by atoms with Gasteiger partial charge in [-0.1, -0.05) is 0 Å². The van der Waals surface area contributed by atoms with Crippen LogP contribution in [0, 0.1) is 11.6 Å². The van der Waals surface area contributed by atoms with E-state index in [0.29, 0.717) is 12.3 Å². The zero-order valence-corrected chi connectivity index (χ0v) is 10.2. The number of benzene rings is 1. The van der Waals surface area contributed by atoms with E-state index >= 15 is 0 Å². The Morgan fingerprint density at radius 1 is 1.15 bits per heavy atom. The number of nitrogens with one attached hydrogen (secondary N) is 1. The Hall–Kier alpha value is -1.96. The lowest BCUT2D eigenvalue weighted by Gasteiger charge is -2.13. The maximum absolute atomic E-state index is 13.4. The molecule has 0 aliphatic rings. The minimum atomic E-state index is -4.77. The standard InChI is InChI=1S/C11H5ClF5N3/c12-10-18-4-6(11(15,16)17)9(20-10)19-8-3-5(13)1-2-7(8)14/h1-4H,(H,18,19,20). The first-order valence-electron chi connectivity index (χ1n) is 5.09. The minimum Gasteiger partial charge on any atom is -0.337 e. The number of nitrogens with zero attached hydrogens (tertiary/aromatic N) is 2. The number of rotatable bonds is 2. The summed E-state index contributed by atoms with van der Waals surface area (Å²) in [4.78, 5) is 6.55. The minimum absolute atomic E-state index is 0.453. The van der Waals surface area contributed by atoms with Crippen LogP contribution < -0.4 is 5.32 Å². The monoisotopic (exact) mass is 309 g/mol. The van der Waals surface area contributed by atoms with Gasteiger partial charge in [-0.25, -0.2) is 13.8 Å². The van der Waals surface area contributed by atoms with Gasteiger partial charge in [0.1, 0.15) is 23.0 Å². The third kappa shape index (κ3) is 3.13. The van der Waals surface area contributed by atoms with E-state index in [-0.39, 0.29) is 0 Å². The molecule has 2 aromatic rings. The molecule has 0 unspecified atom stereocenters. The molecule has 0 amide bonds. The molecule has 1 aromatic heterocycles. The van der Waals surface area contributed by atoms with Crippen LogP contribution in [0.2, 0.25) is 5.28 Å². The van der Waals surface area contributed by atoms with Crippen molar-refractivity contribution in [2.24, 2.45) is 0 Å². The maximum Gasteiger partial charge on any atom is 0.421 e. The molecule has 2 rings (SSSR count). The summed E-state index contributed by atoms with van der Waals surface area (Å²) >= 11 is 5.41. The van der Waals surface area contributed by atoms with Crippen molar-refractivity contribution < 1.29 is 22.0 Å². The molecular formula is C11H5ClF5N3. The fraction of sp³-hybridized carbons (Fsp3) is 0.0909. The normalized spacial score (nSPS) is 11.5. The van der Waals surface area contributed by atoms with Crippen LogP contribution in [0.15, 0.2) is 24.4 Å². The average molecular weight is 310 g/mol. The van der Waals surface area contributed by atoms with Crippen molar-refractivity contribution in [3.8, 4) is 0 Å². The first kappa shape index (κ1) is 14.4. The Labute approximate surface area is 114 Å². The molecule has 0 saturated carbocycles. The summed E-state index contributed by atoms with van der Waals surface area (Å²) in [5.41, 5.74) is -1.74. The van der Waals surface area contributed by atoms with Crippen molar-refractivity contribution >= 4 is 23.1 Å². The van der Waals surface area contributed by atoms with E-state index in [9.17, 15) is 22.0 Å². The second-order valence-corrected chi connectivity index (χ2v) is 3.99. The van der Waals surface area contributed by atoms with Gasteiger partial charge in [0.05, 0.1) is 5.69 Å². The summed E-state index contributed by atoms with van der Waals surface area (Å²) in [7, 11) is 0. The van der Waals surface area contributed by atoms with Gasteiger partial charge >= 0.3 is 6.18 Å². The molecule has 0 spiro atoms. The fourth-order valence-electron chi connectivity index (χ4n) is 1.38. The highest BCUT2D eigenvalue weighted by molar-refractivity contribution is 6.28. The highest BCUT2D eigenvalue weighted by Gasteiger charge is 2.35. The quantitative estimate of drug-likeness (QED) is 0.668. The first-order valence-corrected chi connectivity index (χ1v) is 5.47. The highest BCUT2D eigenvalue weighted by Crippen LogP contribution is 2.35. The lowest BCUT2D eigenvalue weighted by molar-refractivity contribution is -0.137. The Bertz CT molecular complexity index is 644. The van der Waals surface area contributed by atoms with Gasteiger partial charge in [0, 0.05) is 12.3 Å². The molecule has 9 heteroatoms. The lowest BCUT2D eigenvalue weighted by atomic mass is 10.2. The van der Waals surface area contributed by atoms with E-state index in [2.05, 4.69) is 15.3 Å².